The van der Waals surface area contributed by atoms with E-state index in [1.807, 2.05) is 32.9 Å². The van der Waals surface area contributed by atoms with Crippen molar-refractivity contribution in [2.45, 2.75) is 47.0 Å². The number of amides is 2. The molecule has 2 amide bonds. The van der Waals surface area contributed by atoms with E-state index in [2.05, 4.69) is 22.5 Å². The molecule has 1 aliphatic carbocycles. The van der Waals surface area contributed by atoms with Gasteiger partial charge in [0, 0.05) is 12.2 Å². The summed E-state index contributed by atoms with van der Waals surface area (Å²) in [5.74, 6) is 0.490. The molecule has 5 heteroatoms. The molecule has 1 aromatic carbocycles. The molecule has 1 saturated carbocycles. The van der Waals surface area contributed by atoms with Crippen LogP contribution in [0.3, 0.4) is 0 Å². The van der Waals surface area contributed by atoms with Gasteiger partial charge in [-0.3, -0.25) is 14.5 Å². The number of carbonyl (C=O) groups is 2. The van der Waals surface area contributed by atoms with Crippen molar-refractivity contribution in [3.8, 4) is 0 Å². The third kappa shape index (κ3) is 6.50. The van der Waals surface area contributed by atoms with Crippen LogP contribution in [0.25, 0.3) is 0 Å². The second kappa shape index (κ2) is 8.99. The number of rotatable bonds is 9. The van der Waals surface area contributed by atoms with Crippen LogP contribution >= 0.6 is 0 Å². The second-order valence-corrected chi connectivity index (χ2v) is 7.28. The van der Waals surface area contributed by atoms with Gasteiger partial charge >= 0.3 is 0 Å². The van der Waals surface area contributed by atoms with Crippen molar-refractivity contribution in [3.05, 3.63) is 28.8 Å². The number of carbonyl (C=O) groups excluding carboxylic acids is 2. The molecule has 1 aromatic rings. The maximum atomic E-state index is 12.2. The zero-order valence-electron chi connectivity index (χ0n) is 15.9. The van der Waals surface area contributed by atoms with Gasteiger partial charge in [0.05, 0.1) is 13.1 Å². The fourth-order valence-corrected chi connectivity index (χ4v) is 3.22. The van der Waals surface area contributed by atoms with E-state index in [1.54, 1.807) is 0 Å². The molecule has 0 heterocycles. The highest BCUT2D eigenvalue weighted by molar-refractivity contribution is 5.96. The van der Waals surface area contributed by atoms with E-state index < -0.39 is 0 Å². The minimum Gasteiger partial charge on any atom is -0.346 e. The molecule has 2 N–H and O–H groups in total. The summed E-state index contributed by atoms with van der Waals surface area (Å²) in [5.41, 5.74) is 4.09. The molecule has 0 unspecified atom stereocenters. The molecule has 5 nitrogen and oxygen atoms in total. The minimum atomic E-state index is -0.187. The maximum absolute atomic E-state index is 12.2. The molecule has 2 rings (SSSR count). The zero-order chi connectivity index (χ0) is 18.4. The van der Waals surface area contributed by atoms with Crippen LogP contribution in [0.1, 0.15) is 42.9 Å². The summed E-state index contributed by atoms with van der Waals surface area (Å²) >= 11 is 0. The summed E-state index contributed by atoms with van der Waals surface area (Å²) < 4.78 is 0. The monoisotopic (exact) mass is 345 g/mol. The lowest BCUT2D eigenvalue weighted by Crippen LogP contribution is -2.41. The fraction of sp³-hybridized carbons (Fsp3) is 0.600. The largest absolute Gasteiger partial charge is 0.346 e. The molecule has 0 bridgehead atoms. The summed E-state index contributed by atoms with van der Waals surface area (Å²) in [6, 6.07) is 4.09. The van der Waals surface area contributed by atoms with Gasteiger partial charge in [-0.05, 0) is 63.6 Å². The Morgan fingerprint density at radius 3 is 2.32 bits per heavy atom. The average molecular weight is 345 g/mol. The molecule has 1 fully saturated rings. The van der Waals surface area contributed by atoms with Gasteiger partial charge in [0.25, 0.3) is 0 Å². The summed E-state index contributed by atoms with van der Waals surface area (Å²) in [6.07, 6.45) is 3.59. The molecule has 0 atom stereocenters. The quantitative estimate of drug-likeness (QED) is 0.723. The summed E-state index contributed by atoms with van der Waals surface area (Å²) in [7, 11) is 0. The molecule has 0 radical (unpaired) electrons. The van der Waals surface area contributed by atoms with Crippen LogP contribution < -0.4 is 10.6 Å². The Morgan fingerprint density at radius 2 is 1.76 bits per heavy atom. The lowest BCUT2D eigenvalue weighted by Gasteiger charge is -2.20. The predicted molar refractivity (Wildman–Crippen MR) is 102 cm³/mol. The number of nitrogens with one attached hydrogen (secondary N) is 2. The Bertz CT molecular complexity index is 600. The van der Waals surface area contributed by atoms with Crippen molar-refractivity contribution in [1.82, 2.24) is 10.2 Å². The van der Waals surface area contributed by atoms with E-state index >= 15 is 0 Å². The normalized spacial score (nSPS) is 13.8. The Kier molecular flexibility index (Phi) is 7.00. The topological polar surface area (TPSA) is 61.4 Å². The molecule has 1 aliphatic rings. The highest BCUT2D eigenvalue weighted by Crippen LogP contribution is 2.29. The molecule has 25 heavy (non-hydrogen) atoms. The van der Waals surface area contributed by atoms with E-state index in [0.717, 1.165) is 42.2 Å². The fourth-order valence-electron chi connectivity index (χ4n) is 3.22. The van der Waals surface area contributed by atoms with Crippen LogP contribution in [0.4, 0.5) is 5.69 Å². The van der Waals surface area contributed by atoms with Gasteiger partial charge in [0.1, 0.15) is 0 Å². The van der Waals surface area contributed by atoms with Crippen molar-refractivity contribution in [3.63, 3.8) is 0 Å². The number of nitrogens with zero attached hydrogens (tertiary/aromatic N) is 1. The predicted octanol–water partition coefficient (Wildman–Crippen LogP) is 2.79. The van der Waals surface area contributed by atoms with Gasteiger partial charge in [0.2, 0.25) is 11.8 Å². The average Bonchev–Trinajstić information content (AvgIpc) is 3.33. The lowest BCUT2D eigenvalue weighted by molar-refractivity contribution is -0.125. The zero-order valence-corrected chi connectivity index (χ0v) is 15.9. The number of aryl methyl sites for hydroxylation is 3. The molecule has 138 valence electrons. The summed E-state index contributed by atoms with van der Waals surface area (Å²) in [5, 5.41) is 5.66. The first-order valence-corrected chi connectivity index (χ1v) is 9.25. The molecule has 0 aliphatic heterocycles. The van der Waals surface area contributed by atoms with E-state index in [0.29, 0.717) is 6.54 Å². The number of hydrogen-bond acceptors (Lipinski definition) is 3. The van der Waals surface area contributed by atoms with Crippen molar-refractivity contribution in [2.75, 3.05) is 31.5 Å². The summed E-state index contributed by atoms with van der Waals surface area (Å²) in [6.45, 7) is 10.4. The summed E-state index contributed by atoms with van der Waals surface area (Å²) in [4.78, 5) is 26.5. The Hall–Kier alpha value is -1.88. The van der Waals surface area contributed by atoms with E-state index in [9.17, 15) is 9.59 Å². The lowest BCUT2D eigenvalue weighted by atomic mass is 10.1. The van der Waals surface area contributed by atoms with Gasteiger partial charge in [-0.25, -0.2) is 0 Å². The first-order valence-electron chi connectivity index (χ1n) is 9.25. The molecule has 0 spiro atoms. The highest BCUT2D eigenvalue weighted by Gasteiger charge is 2.24. The van der Waals surface area contributed by atoms with Gasteiger partial charge in [-0.1, -0.05) is 24.6 Å². The third-order valence-electron chi connectivity index (χ3n) is 4.51. The Labute approximate surface area is 151 Å². The van der Waals surface area contributed by atoms with Crippen LogP contribution in [-0.2, 0) is 9.59 Å². The molecule has 0 saturated heterocycles. The van der Waals surface area contributed by atoms with Crippen molar-refractivity contribution >= 4 is 17.5 Å². The van der Waals surface area contributed by atoms with Crippen LogP contribution in [0.5, 0.6) is 0 Å². The number of benzene rings is 1. The van der Waals surface area contributed by atoms with Crippen LogP contribution in [0.2, 0.25) is 0 Å². The van der Waals surface area contributed by atoms with Crippen molar-refractivity contribution in [2.24, 2.45) is 5.92 Å². The minimum absolute atomic E-state index is 0.00891. The van der Waals surface area contributed by atoms with Crippen molar-refractivity contribution in [1.29, 1.82) is 0 Å². The SMILES string of the molecule is CCCN(CC(=O)NCC(=O)Nc1c(C)cc(C)cc1C)CC1CC1. The number of anilines is 1. The van der Waals surface area contributed by atoms with Crippen LogP contribution in [-0.4, -0.2) is 42.9 Å². The van der Waals surface area contributed by atoms with Gasteiger partial charge in [-0.2, -0.15) is 0 Å². The van der Waals surface area contributed by atoms with Crippen LogP contribution in [0.15, 0.2) is 12.1 Å². The number of hydrogen-bond donors (Lipinski definition) is 2. The van der Waals surface area contributed by atoms with Gasteiger partial charge < -0.3 is 10.6 Å². The third-order valence-corrected chi connectivity index (χ3v) is 4.51. The molecule has 0 aromatic heterocycles. The van der Waals surface area contributed by atoms with Gasteiger partial charge in [-0.15, -0.1) is 0 Å². The molecular formula is C20H31N3O2. The smallest absolute Gasteiger partial charge is 0.243 e. The van der Waals surface area contributed by atoms with E-state index in [1.165, 1.54) is 18.4 Å². The first kappa shape index (κ1) is 19.4. The highest BCUT2D eigenvalue weighted by atomic mass is 16.2. The van der Waals surface area contributed by atoms with E-state index in [-0.39, 0.29) is 18.4 Å². The van der Waals surface area contributed by atoms with Crippen molar-refractivity contribution < 1.29 is 9.59 Å². The Morgan fingerprint density at radius 1 is 1.12 bits per heavy atom. The maximum Gasteiger partial charge on any atom is 0.243 e. The van der Waals surface area contributed by atoms with E-state index in [4.69, 9.17) is 0 Å². The standard InChI is InChI=1S/C20H31N3O2/c1-5-8-23(12-17-6-7-17)13-19(25)21-11-18(24)22-20-15(3)9-14(2)10-16(20)4/h9-10,17H,5-8,11-13H2,1-4H3,(H,21,25)(H,22,24). The first-order chi connectivity index (χ1) is 11.9. The van der Waals surface area contributed by atoms with Gasteiger partial charge in [0.15, 0.2) is 0 Å². The molecular weight excluding hydrogens is 314 g/mol. The van der Waals surface area contributed by atoms with Crippen LogP contribution in [0, 0.1) is 26.7 Å². The Balaban J connectivity index is 1.79. The second-order valence-electron chi connectivity index (χ2n) is 7.28.